The number of carbonyl (C=O) groups is 2. The molecule has 0 spiro atoms. The minimum atomic E-state index is -0.160. The molecule has 0 N–H and O–H groups in total. The molecule has 0 unspecified atom stereocenters. The van der Waals surface area contributed by atoms with Crippen LogP contribution in [0.2, 0.25) is 0 Å². The normalized spacial score (nSPS) is 16.9. The second kappa shape index (κ2) is 6.15. The average Bonchev–Trinajstić information content (AvgIpc) is 2.32. The Morgan fingerprint density at radius 1 is 1.18 bits per heavy atom. The number of rotatable bonds is 5. The van der Waals surface area contributed by atoms with Gasteiger partial charge in [0.1, 0.15) is 4.48 Å². The summed E-state index contributed by atoms with van der Waals surface area (Å²) in [4.78, 5) is 24.0. The Morgan fingerprint density at radius 2 is 1.82 bits per heavy atom. The van der Waals surface area contributed by atoms with Crippen molar-refractivity contribution in [3.63, 3.8) is 0 Å². The molecular formula is C13H17BrO3. The molecule has 0 atom stereocenters. The summed E-state index contributed by atoms with van der Waals surface area (Å²) in [6.07, 6.45) is 3.73. The van der Waals surface area contributed by atoms with Crippen LogP contribution in [0.4, 0.5) is 0 Å². The van der Waals surface area contributed by atoms with Crippen LogP contribution in [0.1, 0.15) is 39.5 Å². The zero-order valence-corrected chi connectivity index (χ0v) is 12.0. The van der Waals surface area contributed by atoms with E-state index in [1.165, 1.54) is 7.11 Å². The molecule has 0 aromatic rings. The predicted molar refractivity (Wildman–Crippen MR) is 69.8 cm³/mol. The zero-order chi connectivity index (χ0) is 13.0. The monoisotopic (exact) mass is 300 g/mol. The van der Waals surface area contributed by atoms with E-state index >= 15 is 0 Å². The van der Waals surface area contributed by atoms with Crippen LogP contribution >= 0.6 is 15.9 Å². The van der Waals surface area contributed by atoms with E-state index in [2.05, 4.69) is 22.9 Å². The number of ether oxygens (including phenoxy) is 1. The molecule has 0 aromatic heterocycles. The van der Waals surface area contributed by atoms with Gasteiger partial charge in [0.05, 0.1) is 7.11 Å². The van der Waals surface area contributed by atoms with Crippen molar-refractivity contribution in [2.75, 3.05) is 7.11 Å². The van der Waals surface area contributed by atoms with Crippen LogP contribution in [0.5, 0.6) is 0 Å². The largest absolute Gasteiger partial charge is 0.491 e. The molecule has 0 heterocycles. The van der Waals surface area contributed by atoms with Crippen LogP contribution in [0, 0.1) is 0 Å². The summed E-state index contributed by atoms with van der Waals surface area (Å²) in [6.45, 7) is 3.81. The Labute approximate surface area is 110 Å². The molecular weight excluding hydrogens is 284 g/mol. The van der Waals surface area contributed by atoms with Crippen molar-refractivity contribution in [2.24, 2.45) is 0 Å². The summed E-state index contributed by atoms with van der Waals surface area (Å²) in [5.74, 6) is -0.173. The van der Waals surface area contributed by atoms with E-state index in [0.29, 0.717) is 17.6 Å². The van der Waals surface area contributed by atoms with Gasteiger partial charge in [-0.25, -0.2) is 0 Å². The maximum Gasteiger partial charge on any atom is 0.225 e. The highest BCUT2D eigenvalue weighted by Crippen LogP contribution is 2.30. The van der Waals surface area contributed by atoms with Crippen molar-refractivity contribution in [3.8, 4) is 0 Å². The molecule has 1 rings (SSSR count). The molecule has 17 heavy (non-hydrogen) atoms. The number of hydrogen-bond donors (Lipinski definition) is 0. The highest BCUT2D eigenvalue weighted by atomic mass is 79.9. The summed E-state index contributed by atoms with van der Waals surface area (Å²) >= 11 is 3.12. The summed E-state index contributed by atoms with van der Waals surface area (Å²) < 4.78 is 5.24. The number of allylic oxidation sites excluding steroid dienone is 3. The number of hydrogen-bond acceptors (Lipinski definition) is 3. The lowest BCUT2D eigenvalue weighted by Gasteiger charge is -2.18. The van der Waals surface area contributed by atoms with Crippen LogP contribution in [0.15, 0.2) is 21.4 Å². The van der Waals surface area contributed by atoms with Gasteiger partial charge in [-0.15, -0.1) is 0 Å². The first-order valence-electron chi connectivity index (χ1n) is 5.77. The van der Waals surface area contributed by atoms with Crippen molar-refractivity contribution < 1.29 is 14.3 Å². The summed E-state index contributed by atoms with van der Waals surface area (Å²) in [5, 5.41) is 0. The van der Waals surface area contributed by atoms with E-state index in [1.807, 2.05) is 0 Å². The average molecular weight is 301 g/mol. The first kappa shape index (κ1) is 14.2. The van der Waals surface area contributed by atoms with Crippen molar-refractivity contribution in [1.29, 1.82) is 0 Å². The third-order valence-corrected chi connectivity index (χ3v) is 3.63. The molecule has 4 heteroatoms. The fourth-order valence-electron chi connectivity index (χ4n) is 1.85. The van der Waals surface area contributed by atoms with E-state index in [0.717, 1.165) is 19.3 Å². The molecule has 0 aliphatic heterocycles. The predicted octanol–water partition coefficient (Wildman–Crippen LogP) is 3.29. The first-order chi connectivity index (χ1) is 8.04. The molecule has 3 nitrogen and oxygen atoms in total. The van der Waals surface area contributed by atoms with Crippen molar-refractivity contribution >= 4 is 27.5 Å². The number of unbranched alkanes of at least 4 members (excludes halogenated alkanes) is 2. The van der Waals surface area contributed by atoms with Crippen LogP contribution in [0.3, 0.4) is 0 Å². The summed E-state index contributed by atoms with van der Waals surface area (Å²) in [7, 11) is 1.41. The smallest absolute Gasteiger partial charge is 0.225 e. The van der Waals surface area contributed by atoms with E-state index < -0.39 is 0 Å². The third-order valence-electron chi connectivity index (χ3n) is 2.91. The number of Topliss-reactive ketones (excluding diaryl/α,β-unsaturated/α-hetero) is 2. The van der Waals surface area contributed by atoms with Gasteiger partial charge < -0.3 is 4.74 Å². The second-order valence-corrected chi connectivity index (χ2v) is 4.86. The summed E-state index contributed by atoms with van der Waals surface area (Å²) in [5.41, 5.74) is 1.14. The maximum absolute atomic E-state index is 12.1. The molecule has 0 saturated heterocycles. The fraction of sp³-hybridized carbons (Fsp3) is 0.538. The van der Waals surface area contributed by atoms with E-state index in [-0.39, 0.29) is 21.8 Å². The van der Waals surface area contributed by atoms with Gasteiger partial charge in [-0.3, -0.25) is 9.59 Å². The van der Waals surface area contributed by atoms with E-state index in [9.17, 15) is 9.59 Å². The van der Waals surface area contributed by atoms with E-state index in [4.69, 9.17) is 4.74 Å². The minimum Gasteiger partial charge on any atom is -0.491 e. The first-order valence-corrected chi connectivity index (χ1v) is 6.56. The number of methoxy groups -OCH3 is 1. The van der Waals surface area contributed by atoms with Crippen LogP contribution in [0.25, 0.3) is 0 Å². The number of halogens is 1. The lowest BCUT2D eigenvalue weighted by atomic mass is 9.91. The highest BCUT2D eigenvalue weighted by molar-refractivity contribution is 9.12. The number of ketones is 2. The molecule has 1 aliphatic carbocycles. The Bertz CT molecular complexity index is 405. The fourth-order valence-corrected chi connectivity index (χ4v) is 2.49. The van der Waals surface area contributed by atoms with Gasteiger partial charge in [-0.1, -0.05) is 19.8 Å². The van der Waals surface area contributed by atoms with Crippen LogP contribution in [-0.2, 0) is 14.3 Å². The molecule has 1 aliphatic rings. The van der Waals surface area contributed by atoms with Crippen LogP contribution in [-0.4, -0.2) is 18.7 Å². The van der Waals surface area contributed by atoms with Crippen LogP contribution < -0.4 is 0 Å². The van der Waals surface area contributed by atoms with Gasteiger partial charge in [0.2, 0.25) is 5.78 Å². The van der Waals surface area contributed by atoms with Gasteiger partial charge in [-0.2, -0.15) is 0 Å². The van der Waals surface area contributed by atoms with Crippen molar-refractivity contribution in [2.45, 2.75) is 39.5 Å². The molecule has 0 saturated carbocycles. The number of carbonyl (C=O) groups excluding carboxylic acids is 2. The Morgan fingerprint density at radius 3 is 2.35 bits per heavy atom. The Kier molecular flexibility index (Phi) is 5.12. The minimum absolute atomic E-state index is 0.132. The quantitative estimate of drug-likeness (QED) is 0.578. The topological polar surface area (TPSA) is 43.4 Å². The molecule has 0 amide bonds. The van der Waals surface area contributed by atoms with E-state index in [1.54, 1.807) is 6.92 Å². The SMILES string of the molecule is CCCCCC1=C(C)C(=O)C(Br)=C(OC)C1=O. The van der Waals surface area contributed by atoms with Gasteiger partial charge in [0.15, 0.2) is 11.5 Å². The van der Waals surface area contributed by atoms with Crippen molar-refractivity contribution in [1.82, 2.24) is 0 Å². The maximum atomic E-state index is 12.1. The molecule has 0 aromatic carbocycles. The zero-order valence-electron chi connectivity index (χ0n) is 10.4. The highest BCUT2D eigenvalue weighted by Gasteiger charge is 2.31. The van der Waals surface area contributed by atoms with Gasteiger partial charge in [-0.05, 0) is 35.7 Å². The summed E-state index contributed by atoms with van der Waals surface area (Å²) in [6, 6.07) is 0. The van der Waals surface area contributed by atoms with Gasteiger partial charge >= 0.3 is 0 Å². The van der Waals surface area contributed by atoms with Crippen molar-refractivity contribution in [3.05, 3.63) is 21.4 Å². The molecule has 94 valence electrons. The molecule has 0 radical (unpaired) electrons. The molecule has 0 bridgehead atoms. The second-order valence-electron chi connectivity index (χ2n) is 4.07. The molecule has 0 fully saturated rings. The van der Waals surface area contributed by atoms with Gasteiger partial charge in [0, 0.05) is 11.1 Å². The third kappa shape index (κ3) is 2.86. The van der Waals surface area contributed by atoms with Gasteiger partial charge in [0.25, 0.3) is 0 Å². The lowest BCUT2D eigenvalue weighted by molar-refractivity contribution is -0.118. The Hall–Kier alpha value is -0.900. The Balaban J connectivity index is 2.96. The lowest BCUT2D eigenvalue weighted by Crippen LogP contribution is -2.21. The standard InChI is InChI=1S/C13H17BrO3/c1-4-5-6-7-9-8(2)11(15)10(14)13(17-3)12(9)16/h4-7H2,1-3H3.